The van der Waals surface area contributed by atoms with E-state index in [1.165, 1.54) is 13.2 Å². The largest absolute Gasteiger partial charge is 0.398 e. The van der Waals surface area contributed by atoms with E-state index in [0.717, 1.165) is 6.07 Å². The first-order valence-electron chi connectivity index (χ1n) is 5.84. The van der Waals surface area contributed by atoms with Crippen LogP contribution < -0.4 is 22.1 Å². The van der Waals surface area contributed by atoms with Gasteiger partial charge in [0.05, 0.1) is 24.4 Å². The highest BCUT2D eigenvalue weighted by Gasteiger charge is 2.12. The Morgan fingerprint density at radius 1 is 1.40 bits per heavy atom. The molecule has 0 aliphatic rings. The molecule has 20 heavy (non-hydrogen) atoms. The lowest BCUT2D eigenvalue weighted by atomic mass is 10.1. The minimum Gasteiger partial charge on any atom is -0.398 e. The van der Waals surface area contributed by atoms with Crippen LogP contribution in [0.5, 0.6) is 0 Å². The molecule has 0 fully saturated rings. The van der Waals surface area contributed by atoms with Crippen molar-refractivity contribution in [2.75, 3.05) is 37.9 Å². The third kappa shape index (κ3) is 4.39. The molecule has 0 spiro atoms. The van der Waals surface area contributed by atoms with Gasteiger partial charge >= 0.3 is 0 Å². The third-order valence-electron chi connectivity index (χ3n) is 2.47. The monoisotopic (exact) mass is 284 g/mol. The quantitative estimate of drug-likeness (QED) is 0.404. The smallest absolute Gasteiger partial charge is 0.250 e. The van der Waals surface area contributed by atoms with Crippen LogP contribution in [0.15, 0.2) is 12.1 Å². The number of nitrogens with two attached hydrogens (primary N) is 2. The molecule has 1 rings (SSSR count). The Bertz CT molecular complexity index is 508. The Hall–Kier alpha value is -2.35. The molecule has 1 aromatic carbocycles. The summed E-state index contributed by atoms with van der Waals surface area (Å²) in [5, 5.41) is 5.13. The first-order chi connectivity index (χ1) is 9.45. The minimum absolute atomic E-state index is 0.00584. The van der Waals surface area contributed by atoms with Crippen LogP contribution in [0.4, 0.5) is 15.8 Å². The predicted octanol–water partition coefficient (Wildman–Crippen LogP) is -0.319. The number of rotatable bonds is 7. The highest BCUT2D eigenvalue weighted by molar-refractivity contribution is 5.99. The molecular formula is C12H17FN4O3. The number of halogens is 1. The lowest BCUT2D eigenvalue weighted by molar-refractivity contribution is -0.119. The normalized spacial score (nSPS) is 10.1. The number of primary amides is 1. The van der Waals surface area contributed by atoms with Gasteiger partial charge in [0.15, 0.2) is 0 Å². The standard InChI is InChI=1S/C12H17FN4O3/c1-20-3-2-16-11(18)6-17-10-4-7(12(15)19)9(14)5-8(10)13/h4-5,17H,2-3,6,14H2,1H3,(H2,15,19)(H,16,18). The number of carbonyl (C=O) groups is 2. The molecule has 0 aliphatic carbocycles. The van der Waals surface area contributed by atoms with Crippen molar-refractivity contribution in [3.8, 4) is 0 Å². The van der Waals surface area contributed by atoms with Gasteiger partial charge in [-0.05, 0) is 12.1 Å². The summed E-state index contributed by atoms with van der Waals surface area (Å²) in [7, 11) is 1.51. The number of hydrogen-bond donors (Lipinski definition) is 4. The van der Waals surface area contributed by atoms with Crippen LogP contribution in [0.2, 0.25) is 0 Å². The van der Waals surface area contributed by atoms with Crippen molar-refractivity contribution in [3.05, 3.63) is 23.5 Å². The summed E-state index contributed by atoms with van der Waals surface area (Å²) in [5.74, 6) is -1.77. The van der Waals surface area contributed by atoms with Gasteiger partial charge in [0.2, 0.25) is 5.91 Å². The molecule has 0 atom stereocenters. The van der Waals surface area contributed by atoms with Gasteiger partial charge in [0.1, 0.15) is 5.82 Å². The molecular weight excluding hydrogens is 267 g/mol. The SMILES string of the molecule is COCCNC(=O)CNc1cc(C(N)=O)c(N)cc1F. The Balaban J connectivity index is 2.66. The molecule has 1 aromatic rings. The van der Waals surface area contributed by atoms with E-state index in [2.05, 4.69) is 10.6 Å². The molecule has 0 aliphatic heterocycles. The Labute approximate surface area is 115 Å². The number of ether oxygens (including phenoxy) is 1. The van der Waals surface area contributed by atoms with E-state index >= 15 is 0 Å². The summed E-state index contributed by atoms with van der Waals surface area (Å²) < 4.78 is 18.4. The van der Waals surface area contributed by atoms with E-state index < -0.39 is 11.7 Å². The highest BCUT2D eigenvalue weighted by Crippen LogP contribution is 2.21. The topological polar surface area (TPSA) is 119 Å². The molecule has 8 heteroatoms. The maximum Gasteiger partial charge on any atom is 0.250 e. The molecule has 7 nitrogen and oxygen atoms in total. The zero-order valence-corrected chi connectivity index (χ0v) is 11.0. The van der Waals surface area contributed by atoms with E-state index in [9.17, 15) is 14.0 Å². The Morgan fingerprint density at radius 2 is 2.10 bits per heavy atom. The van der Waals surface area contributed by atoms with E-state index in [1.807, 2.05) is 0 Å². The van der Waals surface area contributed by atoms with E-state index in [1.54, 1.807) is 0 Å². The molecule has 6 N–H and O–H groups in total. The van der Waals surface area contributed by atoms with Gasteiger partial charge in [-0.1, -0.05) is 0 Å². The number of carbonyl (C=O) groups excluding carboxylic acids is 2. The summed E-state index contributed by atoms with van der Waals surface area (Å²) in [6.45, 7) is 0.588. The van der Waals surface area contributed by atoms with Gasteiger partial charge in [0, 0.05) is 19.3 Å². The van der Waals surface area contributed by atoms with Crippen LogP contribution in [-0.4, -0.2) is 38.6 Å². The fourth-order valence-corrected chi connectivity index (χ4v) is 1.47. The number of amides is 2. The summed E-state index contributed by atoms with van der Waals surface area (Å²) in [4.78, 5) is 22.5. The molecule has 0 unspecified atom stereocenters. The lowest BCUT2D eigenvalue weighted by Gasteiger charge is -2.10. The van der Waals surface area contributed by atoms with Gasteiger partial charge in [-0.3, -0.25) is 9.59 Å². The molecule has 0 saturated carbocycles. The Morgan fingerprint density at radius 3 is 2.70 bits per heavy atom. The molecule has 110 valence electrons. The maximum absolute atomic E-state index is 13.6. The fourth-order valence-electron chi connectivity index (χ4n) is 1.47. The van der Waals surface area contributed by atoms with Gasteiger partial charge in [-0.25, -0.2) is 4.39 Å². The third-order valence-corrected chi connectivity index (χ3v) is 2.47. The van der Waals surface area contributed by atoms with Crippen molar-refractivity contribution in [3.63, 3.8) is 0 Å². The number of hydrogen-bond acceptors (Lipinski definition) is 5. The first-order valence-corrected chi connectivity index (χ1v) is 5.84. The number of nitrogens with one attached hydrogen (secondary N) is 2. The van der Waals surface area contributed by atoms with Crippen molar-refractivity contribution >= 4 is 23.2 Å². The van der Waals surface area contributed by atoms with Crippen molar-refractivity contribution in [2.45, 2.75) is 0 Å². The van der Waals surface area contributed by atoms with Crippen molar-refractivity contribution in [2.24, 2.45) is 5.73 Å². The summed E-state index contributed by atoms with van der Waals surface area (Å²) in [5.41, 5.74) is 10.5. The molecule has 2 amide bonds. The molecule has 0 aromatic heterocycles. The van der Waals surface area contributed by atoms with Gasteiger partial charge in [-0.15, -0.1) is 0 Å². The van der Waals surface area contributed by atoms with Crippen molar-refractivity contribution in [1.82, 2.24) is 5.32 Å². The summed E-state index contributed by atoms with van der Waals surface area (Å²) >= 11 is 0. The van der Waals surface area contributed by atoms with E-state index in [-0.39, 0.29) is 29.4 Å². The number of nitrogen functional groups attached to an aromatic ring is 1. The van der Waals surface area contributed by atoms with Crippen LogP contribution in [0.1, 0.15) is 10.4 Å². The number of anilines is 2. The lowest BCUT2D eigenvalue weighted by Crippen LogP contribution is -2.32. The molecule has 0 bridgehead atoms. The maximum atomic E-state index is 13.6. The minimum atomic E-state index is -0.768. The van der Waals surface area contributed by atoms with Crippen LogP contribution in [-0.2, 0) is 9.53 Å². The van der Waals surface area contributed by atoms with E-state index in [4.69, 9.17) is 16.2 Å². The molecule has 0 radical (unpaired) electrons. The average molecular weight is 284 g/mol. The zero-order chi connectivity index (χ0) is 15.1. The van der Waals surface area contributed by atoms with Gasteiger partial charge in [0.25, 0.3) is 5.91 Å². The zero-order valence-electron chi connectivity index (χ0n) is 11.0. The fraction of sp³-hybridized carbons (Fsp3) is 0.333. The van der Waals surface area contributed by atoms with E-state index in [0.29, 0.717) is 13.2 Å². The second-order valence-corrected chi connectivity index (χ2v) is 3.98. The molecule has 0 heterocycles. The van der Waals surface area contributed by atoms with Gasteiger partial charge in [-0.2, -0.15) is 0 Å². The highest BCUT2D eigenvalue weighted by atomic mass is 19.1. The molecule has 0 saturated heterocycles. The van der Waals surface area contributed by atoms with Crippen LogP contribution in [0.3, 0.4) is 0 Å². The van der Waals surface area contributed by atoms with Crippen molar-refractivity contribution in [1.29, 1.82) is 0 Å². The summed E-state index contributed by atoms with van der Waals surface area (Å²) in [6, 6.07) is 2.15. The second kappa shape index (κ2) is 7.29. The van der Waals surface area contributed by atoms with Crippen LogP contribution in [0, 0.1) is 5.82 Å². The first kappa shape index (κ1) is 15.7. The van der Waals surface area contributed by atoms with Crippen molar-refractivity contribution < 1.29 is 18.7 Å². The average Bonchev–Trinajstić information content (AvgIpc) is 2.37. The Kier molecular flexibility index (Phi) is 5.73. The van der Waals surface area contributed by atoms with Gasteiger partial charge < -0.3 is 26.8 Å². The van der Waals surface area contributed by atoms with Crippen LogP contribution in [0.25, 0.3) is 0 Å². The second-order valence-electron chi connectivity index (χ2n) is 3.98. The predicted molar refractivity (Wildman–Crippen MR) is 72.7 cm³/mol. The number of benzene rings is 1. The summed E-state index contributed by atoms with van der Waals surface area (Å²) in [6.07, 6.45) is 0. The van der Waals surface area contributed by atoms with Crippen LogP contribution >= 0.6 is 0 Å². The number of methoxy groups -OCH3 is 1.